The Morgan fingerprint density at radius 2 is 2.10 bits per heavy atom. The summed E-state index contributed by atoms with van der Waals surface area (Å²) >= 11 is 1.55. The van der Waals surface area contributed by atoms with Crippen LogP contribution in [-0.4, -0.2) is 16.3 Å². The van der Waals surface area contributed by atoms with E-state index >= 15 is 0 Å². The topological polar surface area (TPSA) is 55.1 Å². The van der Waals surface area contributed by atoms with Gasteiger partial charge in [0.1, 0.15) is 5.76 Å². The van der Waals surface area contributed by atoms with E-state index in [1.807, 2.05) is 52.0 Å². The molecule has 1 heterocycles. The summed E-state index contributed by atoms with van der Waals surface area (Å²) in [5.41, 5.74) is 3.95. The second-order valence-corrected chi connectivity index (χ2v) is 6.52. The van der Waals surface area contributed by atoms with Crippen LogP contribution in [-0.2, 0) is 10.5 Å². The van der Waals surface area contributed by atoms with Gasteiger partial charge in [0.05, 0.1) is 10.9 Å². The van der Waals surface area contributed by atoms with Crippen molar-refractivity contribution in [2.24, 2.45) is 0 Å². The van der Waals surface area contributed by atoms with Crippen molar-refractivity contribution >= 4 is 23.4 Å². The van der Waals surface area contributed by atoms with E-state index in [2.05, 4.69) is 10.5 Å². The number of carbonyl (C=O) groups is 1. The van der Waals surface area contributed by atoms with Crippen LogP contribution < -0.4 is 5.32 Å². The number of aromatic nitrogens is 1. The zero-order valence-corrected chi connectivity index (χ0v) is 13.6. The summed E-state index contributed by atoms with van der Waals surface area (Å²) < 4.78 is 5.02. The van der Waals surface area contributed by atoms with Crippen molar-refractivity contribution in [1.82, 2.24) is 5.16 Å². The number of hydrogen-bond acceptors (Lipinski definition) is 4. The predicted octanol–water partition coefficient (Wildman–Crippen LogP) is 3.86. The molecule has 4 nitrogen and oxygen atoms in total. The van der Waals surface area contributed by atoms with Gasteiger partial charge in [-0.3, -0.25) is 4.79 Å². The molecule has 0 saturated carbocycles. The minimum atomic E-state index is -0.151. The van der Waals surface area contributed by atoms with Gasteiger partial charge in [0.25, 0.3) is 0 Å². The van der Waals surface area contributed by atoms with Crippen LogP contribution in [0.5, 0.6) is 0 Å². The third-order valence-corrected chi connectivity index (χ3v) is 4.35. The Morgan fingerprint density at radius 1 is 1.33 bits per heavy atom. The van der Waals surface area contributed by atoms with Gasteiger partial charge in [-0.1, -0.05) is 17.3 Å². The summed E-state index contributed by atoms with van der Waals surface area (Å²) in [5, 5.41) is 6.77. The fourth-order valence-electron chi connectivity index (χ4n) is 1.88. The maximum atomic E-state index is 12.2. The van der Waals surface area contributed by atoms with Crippen molar-refractivity contribution in [1.29, 1.82) is 0 Å². The third-order valence-electron chi connectivity index (χ3n) is 3.18. The quantitative estimate of drug-likeness (QED) is 0.911. The average Bonchev–Trinajstić information content (AvgIpc) is 2.86. The number of carbonyl (C=O) groups excluding carboxylic acids is 1. The molecule has 2 rings (SSSR count). The van der Waals surface area contributed by atoms with Gasteiger partial charge >= 0.3 is 0 Å². The number of anilines is 1. The lowest BCUT2D eigenvalue weighted by atomic mass is 10.1. The van der Waals surface area contributed by atoms with E-state index in [-0.39, 0.29) is 11.2 Å². The molecule has 0 saturated heterocycles. The standard InChI is InChI=1S/C16H20N2O2S/c1-10-5-6-11(2)15(7-10)17-16(19)13(4)21-9-14-8-12(3)20-18-14/h5-8,13H,9H2,1-4H3,(H,17,19). The summed E-state index contributed by atoms with van der Waals surface area (Å²) in [5.74, 6) is 1.46. The highest BCUT2D eigenvalue weighted by Gasteiger charge is 2.15. The molecule has 1 unspecified atom stereocenters. The molecule has 0 spiro atoms. The highest BCUT2D eigenvalue weighted by molar-refractivity contribution is 7.99. The molecule has 0 bridgehead atoms. The normalized spacial score (nSPS) is 12.2. The molecule has 21 heavy (non-hydrogen) atoms. The maximum absolute atomic E-state index is 12.2. The number of amides is 1. The Labute approximate surface area is 129 Å². The number of rotatable bonds is 5. The molecule has 0 radical (unpaired) electrons. The summed E-state index contributed by atoms with van der Waals surface area (Å²) in [7, 11) is 0. The van der Waals surface area contributed by atoms with Crippen molar-refractivity contribution < 1.29 is 9.32 Å². The minimum absolute atomic E-state index is 0.00826. The van der Waals surface area contributed by atoms with Gasteiger partial charge in [-0.2, -0.15) is 0 Å². The first-order valence-corrected chi connectivity index (χ1v) is 7.92. The Hall–Kier alpha value is -1.75. The molecule has 1 N–H and O–H groups in total. The largest absolute Gasteiger partial charge is 0.361 e. The van der Waals surface area contributed by atoms with Gasteiger partial charge in [-0.15, -0.1) is 11.8 Å². The molecular weight excluding hydrogens is 284 g/mol. The number of thioether (sulfide) groups is 1. The van der Waals surface area contributed by atoms with E-state index in [4.69, 9.17) is 4.52 Å². The van der Waals surface area contributed by atoms with Crippen LogP contribution in [0, 0.1) is 20.8 Å². The summed E-state index contributed by atoms with van der Waals surface area (Å²) in [6, 6.07) is 7.94. The predicted molar refractivity (Wildman–Crippen MR) is 86.5 cm³/mol. The molecule has 2 aromatic rings. The van der Waals surface area contributed by atoms with Crippen LogP contribution in [0.4, 0.5) is 5.69 Å². The molecule has 1 atom stereocenters. The first-order chi connectivity index (χ1) is 9.95. The Bertz CT molecular complexity index is 637. The smallest absolute Gasteiger partial charge is 0.237 e. The fraction of sp³-hybridized carbons (Fsp3) is 0.375. The van der Waals surface area contributed by atoms with Crippen molar-refractivity contribution in [3.8, 4) is 0 Å². The number of hydrogen-bond donors (Lipinski definition) is 1. The highest BCUT2D eigenvalue weighted by Crippen LogP contribution is 2.21. The number of aryl methyl sites for hydroxylation is 3. The Balaban J connectivity index is 1.91. The zero-order valence-electron chi connectivity index (χ0n) is 12.8. The van der Waals surface area contributed by atoms with E-state index in [0.717, 1.165) is 28.3 Å². The monoisotopic (exact) mass is 304 g/mol. The van der Waals surface area contributed by atoms with Gasteiger partial charge in [-0.25, -0.2) is 0 Å². The Morgan fingerprint density at radius 3 is 2.76 bits per heavy atom. The highest BCUT2D eigenvalue weighted by atomic mass is 32.2. The second-order valence-electron chi connectivity index (χ2n) is 5.19. The summed E-state index contributed by atoms with van der Waals surface area (Å²) in [4.78, 5) is 12.2. The van der Waals surface area contributed by atoms with E-state index in [9.17, 15) is 4.79 Å². The molecular formula is C16H20N2O2S. The molecule has 1 aromatic heterocycles. The van der Waals surface area contributed by atoms with Gasteiger partial charge in [0, 0.05) is 17.5 Å². The lowest BCUT2D eigenvalue weighted by Gasteiger charge is -2.13. The van der Waals surface area contributed by atoms with Crippen LogP contribution in [0.1, 0.15) is 29.5 Å². The summed E-state index contributed by atoms with van der Waals surface area (Å²) in [6.45, 7) is 7.76. The molecule has 5 heteroatoms. The van der Waals surface area contributed by atoms with Crippen LogP contribution in [0.25, 0.3) is 0 Å². The van der Waals surface area contributed by atoms with Crippen molar-refractivity contribution in [3.63, 3.8) is 0 Å². The molecule has 0 fully saturated rings. The second kappa shape index (κ2) is 6.80. The first-order valence-electron chi connectivity index (χ1n) is 6.87. The van der Waals surface area contributed by atoms with Gasteiger partial charge in [-0.05, 0) is 44.9 Å². The molecule has 112 valence electrons. The van der Waals surface area contributed by atoms with E-state index in [1.165, 1.54) is 0 Å². The molecule has 0 aliphatic rings. The molecule has 0 aliphatic carbocycles. The summed E-state index contributed by atoms with van der Waals surface area (Å²) in [6.07, 6.45) is 0. The van der Waals surface area contributed by atoms with Crippen molar-refractivity contribution in [2.75, 3.05) is 5.32 Å². The number of nitrogens with zero attached hydrogens (tertiary/aromatic N) is 1. The zero-order chi connectivity index (χ0) is 15.4. The van der Waals surface area contributed by atoms with E-state index in [1.54, 1.807) is 11.8 Å². The SMILES string of the molecule is Cc1ccc(C)c(NC(=O)C(C)SCc2cc(C)on2)c1. The van der Waals surface area contributed by atoms with Gasteiger partial charge in [0.2, 0.25) is 5.91 Å². The Kier molecular flexibility index (Phi) is 5.07. The lowest BCUT2D eigenvalue weighted by molar-refractivity contribution is -0.115. The van der Waals surface area contributed by atoms with Gasteiger partial charge < -0.3 is 9.84 Å². The van der Waals surface area contributed by atoms with Crippen LogP contribution in [0.15, 0.2) is 28.8 Å². The molecule has 1 amide bonds. The van der Waals surface area contributed by atoms with E-state index in [0.29, 0.717) is 5.75 Å². The van der Waals surface area contributed by atoms with Crippen molar-refractivity contribution in [2.45, 2.75) is 38.7 Å². The third kappa shape index (κ3) is 4.36. The molecule has 1 aromatic carbocycles. The first kappa shape index (κ1) is 15.6. The van der Waals surface area contributed by atoms with Crippen LogP contribution in [0.2, 0.25) is 0 Å². The molecule has 0 aliphatic heterocycles. The van der Waals surface area contributed by atoms with Crippen molar-refractivity contribution in [3.05, 3.63) is 46.8 Å². The van der Waals surface area contributed by atoms with Crippen LogP contribution >= 0.6 is 11.8 Å². The van der Waals surface area contributed by atoms with Crippen LogP contribution in [0.3, 0.4) is 0 Å². The fourth-order valence-corrected chi connectivity index (χ4v) is 2.64. The minimum Gasteiger partial charge on any atom is -0.361 e. The number of benzene rings is 1. The average molecular weight is 304 g/mol. The lowest BCUT2D eigenvalue weighted by Crippen LogP contribution is -2.23. The maximum Gasteiger partial charge on any atom is 0.237 e. The van der Waals surface area contributed by atoms with E-state index < -0.39 is 0 Å². The number of nitrogens with one attached hydrogen (secondary N) is 1. The van der Waals surface area contributed by atoms with Gasteiger partial charge in [0.15, 0.2) is 0 Å².